The van der Waals surface area contributed by atoms with E-state index in [4.69, 9.17) is 0 Å². The largest absolute Gasteiger partial charge is 0.342 e. The Hall–Kier alpha value is -1.44. The van der Waals surface area contributed by atoms with Crippen LogP contribution in [0.1, 0.15) is 38.5 Å². The number of nitrogens with zero attached hydrogens (tertiary/aromatic N) is 3. The Bertz CT molecular complexity index is 761. The van der Waals surface area contributed by atoms with E-state index in [0.29, 0.717) is 36.9 Å². The standard InChI is InChI=1S/C21H31N3O3S/c25-21(23-14-10-19(11-15-23)22-12-4-5-13-22)18-8-16-24(17-9-18)28(26,27)20-6-2-1-3-7-20/h1-3,6-7,18-19H,4-5,8-17H2. The Morgan fingerprint density at radius 1 is 0.821 bits per heavy atom. The topological polar surface area (TPSA) is 60.9 Å². The number of piperidine rings is 2. The van der Waals surface area contributed by atoms with Crippen LogP contribution >= 0.6 is 0 Å². The maximum atomic E-state index is 13.0. The molecule has 0 saturated carbocycles. The minimum atomic E-state index is -3.45. The van der Waals surface area contributed by atoms with Gasteiger partial charge in [-0.3, -0.25) is 4.79 Å². The molecular weight excluding hydrogens is 374 g/mol. The normalized spacial score (nSPS) is 23.9. The molecule has 4 rings (SSSR count). The van der Waals surface area contributed by atoms with E-state index < -0.39 is 10.0 Å². The first-order valence-electron chi connectivity index (χ1n) is 10.6. The van der Waals surface area contributed by atoms with Gasteiger partial charge in [-0.1, -0.05) is 18.2 Å². The van der Waals surface area contributed by atoms with Gasteiger partial charge in [0.1, 0.15) is 0 Å². The lowest BCUT2D eigenvalue weighted by Crippen LogP contribution is -2.49. The zero-order chi connectivity index (χ0) is 19.6. The monoisotopic (exact) mass is 405 g/mol. The fraction of sp³-hybridized carbons (Fsp3) is 0.667. The minimum absolute atomic E-state index is 0.0365. The molecule has 0 atom stereocenters. The highest BCUT2D eigenvalue weighted by atomic mass is 32.2. The van der Waals surface area contributed by atoms with Crippen LogP contribution in [0.15, 0.2) is 35.2 Å². The van der Waals surface area contributed by atoms with Gasteiger partial charge < -0.3 is 9.80 Å². The molecule has 0 spiro atoms. The van der Waals surface area contributed by atoms with Crippen LogP contribution in [0.25, 0.3) is 0 Å². The number of hydrogen-bond donors (Lipinski definition) is 0. The van der Waals surface area contributed by atoms with Gasteiger partial charge >= 0.3 is 0 Å². The van der Waals surface area contributed by atoms with E-state index in [1.165, 1.54) is 30.2 Å². The van der Waals surface area contributed by atoms with Crippen LogP contribution in [0.3, 0.4) is 0 Å². The van der Waals surface area contributed by atoms with Crippen molar-refractivity contribution in [2.75, 3.05) is 39.3 Å². The molecule has 0 bridgehead atoms. The maximum Gasteiger partial charge on any atom is 0.243 e. The van der Waals surface area contributed by atoms with Gasteiger partial charge in [-0.05, 0) is 63.7 Å². The number of carbonyl (C=O) groups excluding carboxylic acids is 1. The summed E-state index contributed by atoms with van der Waals surface area (Å²) in [5.74, 6) is 0.196. The quantitative estimate of drug-likeness (QED) is 0.770. The van der Waals surface area contributed by atoms with Crippen molar-refractivity contribution >= 4 is 15.9 Å². The molecule has 1 aromatic carbocycles. The Morgan fingerprint density at radius 3 is 2.04 bits per heavy atom. The zero-order valence-corrected chi connectivity index (χ0v) is 17.3. The number of hydrogen-bond acceptors (Lipinski definition) is 4. The Kier molecular flexibility index (Phi) is 6.04. The molecule has 3 fully saturated rings. The number of rotatable bonds is 4. The first-order chi connectivity index (χ1) is 13.6. The summed E-state index contributed by atoms with van der Waals surface area (Å²) in [7, 11) is -3.45. The summed E-state index contributed by atoms with van der Waals surface area (Å²) < 4.78 is 27.0. The van der Waals surface area contributed by atoms with Crippen molar-refractivity contribution in [1.29, 1.82) is 0 Å². The van der Waals surface area contributed by atoms with Crippen molar-refractivity contribution in [2.45, 2.75) is 49.5 Å². The fourth-order valence-corrected chi connectivity index (χ4v) is 6.39. The molecule has 3 aliphatic rings. The molecule has 3 heterocycles. The molecule has 3 aliphatic heterocycles. The Morgan fingerprint density at radius 2 is 1.43 bits per heavy atom. The number of carbonyl (C=O) groups is 1. The van der Waals surface area contributed by atoms with Gasteiger partial charge in [0.15, 0.2) is 0 Å². The van der Waals surface area contributed by atoms with Gasteiger partial charge in [0.05, 0.1) is 4.90 Å². The second-order valence-corrected chi connectivity index (χ2v) is 10.2. The zero-order valence-electron chi connectivity index (χ0n) is 16.5. The van der Waals surface area contributed by atoms with Gasteiger partial charge in [-0.25, -0.2) is 8.42 Å². The van der Waals surface area contributed by atoms with E-state index in [-0.39, 0.29) is 11.8 Å². The average molecular weight is 406 g/mol. The van der Waals surface area contributed by atoms with E-state index in [2.05, 4.69) is 4.90 Å². The average Bonchev–Trinajstić information content (AvgIpc) is 3.29. The smallest absolute Gasteiger partial charge is 0.243 e. The van der Waals surface area contributed by atoms with Gasteiger partial charge in [0.2, 0.25) is 15.9 Å². The third-order valence-corrected chi connectivity index (χ3v) is 8.53. The summed E-state index contributed by atoms with van der Waals surface area (Å²) in [4.78, 5) is 17.9. The second-order valence-electron chi connectivity index (χ2n) is 8.29. The van der Waals surface area contributed by atoms with Crippen molar-refractivity contribution in [1.82, 2.24) is 14.1 Å². The minimum Gasteiger partial charge on any atom is -0.342 e. The van der Waals surface area contributed by atoms with Gasteiger partial charge in [-0.2, -0.15) is 4.31 Å². The van der Waals surface area contributed by atoms with Crippen LogP contribution in [0.5, 0.6) is 0 Å². The predicted octanol–water partition coefficient (Wildman–Crippen LogP) is 2.17. The van der Waals surface area contributed by atoms with E-state index in [0.717, 1.165) is 25.9 Å². The summed E-state index contributed by atoms with van der Waals surface area (Å²) in [6.07, 6.45) is 6.01. The fourth-order valence-electron chi connectivity index (χ4n) is 4.90. The van der Waals surface area contributed by atoms with Crippen LogP contribution in [0.2, 0.25) is 0 Å². The molecule has 154 valence electrons. The number of amides is 1. The lowest BCUT2D eigenvalue weighted by atomic mass is 9.94. The molecule has 7 heteroatoms. The van der Waals surface area contributed by atoms with Gasteiger partial charge in [0.25, 0.3) is 0 Å². The second kappa shape index (κ2) is 8.51. The summed E-state index contributed by atoms with van der Waals surface area (Å²) in [5.41, 5.74) is 0. The lowest BCUT2D eigenvalue weighted by Gasteiger charge is -2.39. The molecule has 0 radical (unpaired) electrons. The van der Waals surface area contributed by atoms with Crippen molar-refractivity contribution in [3.8, 4) is 0 Å². The number of likely N-dealkylation sites (tertiary alicyclic amines) is 2. The summed E-state index contributed by atoms with van der Waals surface area (Å²) in [6.45, 7) is 4.99. The van der Waals surface area contributed by atoms with Crippen LogP contribution in [0, 0.1) is 5.92 Å². The molecule has 0 aliphatic carbocycles. The lowest BCUT2D eigenvalue weighted by molar-refractivity contribution is -0.138. The highest BCUT2D eigenvalue weighted by Gasteiger charge is 2.35. The number of benzene rings is 1. The molecule has 0 unspecified atom stereocenters. The molecule has 0 N–H and O–H groups in total. The van der Waals surface area contributed by atoms with Crippen molar-refractivity contribution in [2.24, 2.45) is 5.92 Å². The van der Waals surface area contributed by atoms with Crippen LogP contribution in [0.4, 0.5) is 0 Å². The molecule has 6 nitrogen and oxygen atoms in total. The molecule has 0 aromatic heterocycles. The van der Waals surface area contributed by atoms with E-state index in [9.17, 15) is 13.2 Å². The van der Waals surface area contributed by atoms with E-state index >= 15 is 0 Å². The Balaban J connectivity index is 1.29. The Labute approximate surface area is 168 Å². The maximum absolute atomic E-state index is 13.0. The number of sulfonamides is 1. The molecule has 3 saturated heterocycles. The molecule has 1 amide bonds. The third kappa shape index (κ3) is 4.11. The SMILES string of the molecule is O=C(C1CCN(S(=O)(=O)c2ccccc2)CC1)N1CCC(N2CCCC2)CC1. The molecule has 28 heavy (non-hydrogen) atoms. The first kappa shape index (κ1) is 19.9. The molecular formula is C21H31N3O3S. The van der Waals surface area contributed by atoms with Crippen LogP contribution in [-0.4, -0.2) is 73.7 Å². The first-order valence-corrected chi connectivity index (χ1v) is 12.1. The van der Waals surface area contributed by atoms with E-state index in [1.54, 1.807) is 24.3 Å². The summed E-state index contributed by atoms with van der Waals surface area (Å²) >= 11 is 0. The van der Waals surface area contributed by atoms with Gasteiger partial charge in [0, 0.05) is 38.1 Å². The highest BCUT2D eigenvalue weighted by molar-refractivity contribution is 7.89. The summed E-state index contributed by atoms with van der Waals surface area (Å²) in [6, 6.07) is 9.22. The predicted molar refractivity (Wildman–Crippen MR) is 108 cm³/mol. The van der Waals surface area contributed by atoms with Crippen LogP contribution in [-0.2, 0) is 14.8 Å². The third-order valence-electron chi connectivity index (χ3n) is 6.62. The van der Waals surface area contributed by atoms with Crippen LogP contribution < -0.4 is 0 Å². The van der Waals surface area contributed by atoms with E-state index in [1.807, 2.05) is 11.0 Å². The highest BCUT2D eigenvalue weighted by Crippen LogP contribution is 2.27. The van der Waals surface area contributed by atoms with Crippen molar-refractivity contribution in [3.63, 3.8) is 0 Å². The van der Waals surface area contributed by atoms with Gasteiger partial charge in [-0.15, -0.1) is 0 Å². The molecule has 1 aromatic rings. The van der Waals surface area contributed by atoms with Crippen molar-refractivity contribution in [3.05, 3.63) is 30.3 Å². The summed E-state index contributed by atoms with van der Waals surface area (Å²) in [5, 5.41) is 0. The van der Waals surface area contributed by atoms with Crippen molar-refractivity contribution < 1.29 is 13.2 Å².